The summed E-state index contributed by atoms with van der Waals surface area (Å²) in [4.78, 5) is 27.5. The van der Waals surface area contributed by atoms with Gasteiger partial charge in [-0.25, -0.2) is 0 Å². The molecule has 2 heterocycles. The van der Waals surface area contributed by atoms with Crippen molar-refractivity contribution in [1.82, 2.24) is 24.8 Å². The summed E-state index contributed by atoms with van der Waals surface area (Å²) in [5.74, 6) is 0.931. The molecule has 2 aromatic heterocycles. The summed E-state index contributed by atoms with van der Waals surface area (Å²) in [5.41, 5.74) is 3.83. The smallest absolute Gasteiger partial charge is 0.274 e. The number of carbonyl (C=O) groups is 1. The summed E-state index contributed by atoms with van der Waals surface area (Å²) in [6, 6.07) is 13.2. The number of hydrogen-bond acceptors (Lipinski definition) is 7. The number of ether oxygens (including phenoxy) is 1. The number of amides is 1. The summed E-state index contributed by atoms with van der Waals surface area (Å²) in [5, 5.41) is 15.8. The highest BCUT2D eigenvalue weighted by Crippen LogP contribution is 2.20. The fraction of sp³-hybridized carbons (Fsp3) is 0.227. The first kappa shape index (κ1) is 21.6. The van der Waals surface area contributed by atoms with Crippen molar-refractivity contribution in [3.05, 3.63) is 75.2 Å². The van der Waals surface area contributed by atoms with Crippen LogP contribution in [0.2, 0.25) is 0 Å². The van der Waals surface area contributed by atoms with E-state index in [1.165, 1.54) is 16.3 Å². The second-order valence-electron chi connectivity index (χ2n) is 7.23. The second-order valence-corrected chi connectivity index (χ2v) is 8.17. The van der Waals surface area contributed by atoms with E-state index < -0.39 is 0 Å². The molecule has 164 valence electrons. The molecular formula is C22H22N6O3S. The van der Waals surface area contributed by atoms with Gasteiger partial charge in [-0.05, 0) is 48.7 Å². The van der Waals surface area contributed by atoms with E-state index in [4.69, 9.17) is 4.74 Å². The molecule has 0 atom stereocenters. The van der Waals surface area contributed by atoms with Crippen molar-refractivity contribution < 1.29 is 9.53 Å². The Bertz CT molecular complexity index is 1330. The number of aryl methyl sites for hydroxylation is 1. The molecule has 4 aromatic rings. The van der Waals surface area contributed by atoms with Crippen molar-refractivity contribution in [3.8, 4) is 5.75 Å². The molecule has 10 heteroatoms. The van der Waals surface area contributed by atoms with Crippen LogP contribution in [0, 0.1) is 13.8 Å². The van der Waals surface area contributed by atoms with E-state index in [0.717, 1.165) is 28.1 Å². The summed E-state index contributed by atoms with van der Waals surface area (Å²) in [7, 11) is 1.60. The number of nitrogens with one attached hydrogen (secondary N) is 2. The standard InChI is InChI=1S/C22H22N6O3S/c1-13-5-4-6-17(14(13)2)23-19(29)12-32-22-26-25-21-24-20(30)18(27-28(21)22)11-15-7-9-16(31-3)10-8-15/h4-10H,11-12H2,1-3H3,(H,23,29)(H,24,25,30). The molecule has 9 nitrogen and oxygen atoms in total. The number of anilines is 1. The normalized spacial score (nSPS) is 11.0. The maximum atomic E-state index is 12.4. The molecule has 0 saturated heterocycles. The highest BCUT2D eigenvalue weighted by molar-refractivity contribution is 7.99. The Balaban J connectivity index is 1.49. The minimum absolute atomic E-state index is 0.128. The number of aromatic nitrogens is 5. The van der Waals surface area contributed by atoms with Gasteiger partial charge in [0.15, 0.2) is 0 Å². The Kier molecular flexibility index (Phi) is 6.22. The number of aromatic amines is 1. The molecule has 1 amide bonds. The first-order valence-electron chi connectivity index (χ1n) is 9.91. The second kappa shape index (κ2) is 9.23. The number of rotatable bonds is 7. The molecular weight excluding hydrogens is 428 g/mol. The van der Waals surface area contributed by atoms with Crippen LogP contribution < -0.4 is 15.6 Å². The third kappa shape index (κ3) is 4.65. The summed E-state index contributed by atoms with van der Waals surface area (Å²) >= 11 is 1.20. The first-order chi connectivity index (χ1) is 15.4. The number of benzene rings is 2. The summed E-state index contributed by atoms with van der Waals surface area (Å²) in [6.07, 6.45) is 0.338. The van der Waals surface area contributed by atoms with Crippen LogP contribution >= 0.6 is 11.8 Å². The van der Waals surface area contributed by atoms with Gasteiger partial charge in [-0.1, -0.05) is 36.0 Å². The van der Waals surface area contributed by atoms with Gasteiger partial charge in [0.2, 0.25) is 11.1 Å². The van der Waals surface area contributed by atoms with Gasteiger partial charge in [0.25, 0.3) is 11.3 Å². The molecule has 0 aliphatic heterocycles. The fourth-order valence-corrected chi connectivity index (χ4v) is 3.80. The zero-order chi connectivity index (χ0) is 22.7. The largest absolute Gasteiger partial charge is 0.497 e. The molecule has 0 aliphatic rings. The highest BCUT2D eigenvalue weighted by Gasteiger charge is 2.14. The van der Waals surface area contributed by atoms with E-state index in [9.17, 15) is 9.59 Å². The van der Waals surface area contributed by atoms with E-state index in [2.05, 4.69) is 25.6 Å². The van der Waals surface area contributed by atoms with Crippen molar-refractivity contribution in [2.45, 2.75) is 25.4 Å². The Labute approximate surface area is 188 Å². The lowest BCUT2D eigenvalue weighted by Gasteiger charge is -2.09. The number of hydrogen-bond donors (Lipinski definition) is 2. The van der Waals surface area contributed by atoms with Crippen molar-refractivity contribution in [1.29, 1.82) is 0 Å². The molecule has 0 bridgehead atoms. The van der Waals surface area contributed by atoms with Crippen LogP contribution in [-0.4, -0.2) is 43.6 Å². The Hall–Kier alpha value is -3.66. The Morgan fingerprint density at radius 1 is 1.16 bits per heavy atom. The zero-order valence-electron chi connectivity index (χ0n) is 17.9. The van der Waals surface area contributed by atoms with E-state index >= 15 is 0 Å². The molecule has 0 spiro atoms. The van der Waals surface area contributed by atoms with Crippen LogP contribution in [0.1, 0.15) is 22.4 Å². The van der Waals surface area contributed by atoms with Gasteiger partial charge in [0.05, 0.1) is 12.9 Å². The monoisotopic (exact) mass is 450 g/mol. The lowest BCUT2D eigenvalue weighted by atomic mass is 10.1. The van der Waals surface area contributed by atoms with Gasteiger partial charge in [-0.2, -0.15) is 9.61 Å². The van der Waals surface area contributed by atoms with Crippen LogP contribution in [0.15, 0.2) is 52.4 Å². The highest BCUT2D eigenvalue weighted by atomic mass is 32.2. The van der Waals surface area contributed by atoms with Gasteiger partial charge in [-0.15, -0.1) is 10.2 Å². The SMILES string of the molecule is COc1ccc(Cc2nn3c(SCC(=O)Nc4cccc(C)c4C)nnc3[nH]c2=O)cc1. The van der Waals surface area contributed by atoms with Crippen molar-refractivity contribution in [2.75, 3.05) is 18.2 Å². The number of thioether (sulfide) groups is 1. The topological polar surface area (TPSA) is 114 Å². The number of fused-ring (bicyclic) bond motifs is 1. The molecule has 0 fully saturated rings. The lowest BCUT2D eigenvalue weighted by molar-refractivity contribution is -0.113. The predicted molar refractivity (Wildman–Crippen MR) is 122 cm³/mol. The number of carbonyl (C=O) groups excluding carboxylic acids is 1. The molecule has 32 heavy (non-hydrogen) atoms. The van der Waals surface area contributed by atoms with Gasteiger partial charge >= 0.3 is 0 Å². The maximum absolute atomic E-state index is 12.4. The maximum Gasteiger partial charge on any atom is 0.274 e. The van der Waals surface area contributed by atoms with Gasteiger partial charge < -0.3 is 10.1 Å². The van der Waals surface area contributed by atoms with Crippen LogP contribution in [-0.2, 0) is 11.2 Å². The van der Waals surface area contributed by atoms with E-state index in [1.807, 2.05) is 56.3 Å². The lowest BCUT2D eigenvalue weighted by Crippen LogP contribution is -2.19. The van der Waals surface area contributed by atoms with Crippen molar-refractivity contribution in [3.63, 3.8) is 0 Å². The minimum Gasteiger partial charge on any atom is -0.497 e. The van der Waals surface area contributed by atoms with Crippen LogP contribution in [0.5, 0.6) is 5.75 Å². The van der Waals surface area contributed by atoms with E-state index in [0.29, 0.717) is 17.3 Å². The summed E-state index contributed by atoms with van der Waals surface area (Å²) < 4.78 is 6.62. The van der Waals surface area contributed by atoms with Gasteiger partial charge in [-0.3, -0.25) is 14.6 Å². The van der Waals surface area contributed by atoms with Crippen LogP contribution in [0.3, 0.4) is 0 Å². The average Bonchev–Trinajstić information content (AvgIpc) is 3.17. The van der Waals surface area contributed by atoms with Crippen LogP contribution in [0.25, 0.3) is 5.78 Å². The van der Waals surface area contributed by atoms with Crippen LogP contribution in [0.4, 0.5) is 5.69 Å². The van der Waals surface area contributed by atoms with Gasteiger partial charge in [0.1, 0.15) is 11.4 Å². The number of methoxy groups -OCH3 is 1. The molecule has 0 unspecified atom stereocenters. The first-order valence-corrected chi connectivity index (χ1v) is 10.9. The van der Waals surface area contributed by atoms with Gasteiger partial charge in [0, 0.05) is 12.1 Å². The molecule has 2 N–H and O–H groups in total. The summed E-state index contributed by atoms with van der Waals surface area (Å²) in [6.45, 7) is 3.97. The molecule has 4 rings (SSSR count). The molecule has 2 aromatic carbocycles. The molecule has 0 saturated carbocycles. The average molecular weight is 451 g/mol. The molecule has 0 radical (unpaired) electrons. The molecule has 0 aliphatic carbocycles. The number of H-pyrrole nitrogens is 1. The van der Waals surface area contributed by atoms with Crippen molar-refractivity contribution in [2.24, 2.45) is 0 Å². The fourth-order valence-electron chi connectivity index (χ4n) is 3.12. The quantitative estimate of drug-likeness (QED) is 0.416. The Morgan fingerprint density at radius 3 is 2.69 bits per heavy atom. The zero-order valence-corrected chi connectivity index (χ0v) is 18.7. The number of nitrogens with zero attached hydrogens (tertiary/aromatic N) is 4. The minimum atomic E-state index is -0.329. The Morgan fingerprint density at radius 2 is 1.94 bits per heavy atom. The predicted octanol–water partition coefficient (Wildman–Crippen LogP) is 2.76. The van der Waals surface area contributed by atoms with Crippen molar-refractivity contribution >= 4 is 29.1 Å². The van der Waals surface area contributed by atoms with E-state index in [1.54, 1.807) is 7.11 Å². The third-order valence-corrected chi connectivity index (χ3v) is 5.98. The van der Waals surface area contributed by atoms with E-state index in [-0.39, 0.29) is 23.0 Å². The third-order valence-electron chi connectivity index (χ3n) is 5.06.